The predicted octanol–water partition coefficient (Wildman–Crippen LogP) is 1.51. The molecule has 1 aliphatic rings. The Labute approximate surface area is 126 Å². The molecule has 0 N–H and O–H groups in total. The number of hydrogen-bond acceptors (Lipinski definition) is 5. The summed E-state index contributed by atoms with van der Waals surface area (Å²) in [6.07, 6.45) is -0.473. The van der Waals surface area contributed by atoms with Crippen molar-refractivity contribution in [1.82, 2.24) is 4.90 Å². The molecule has 116 valence electrons. The van der Waals surface area contributed by atoms with E-state index in [4.69, 9.17) is 9.47 Å². The molecule has 2 rings (SSSR count). The molecule has 1 aromatic rings. The van der Waals surface area contributed by atoms with Crippen LogP contribution >= 0.6 is 0 Å². The number of anilines is 1. The second-order valence-corrected chi connectivity index (χ2v) is 5.68. The maximum atomic E-state index is 11.7. The van der Waals surface area contributed by atoms with Gasteiger partial charge in [-0.15, -0.1) is 0 Å². The first-order valence-electron chi connectivity index (χ1n) is 7.22. The van der Waals surface area contributed by atoms with E-state index in [-0.39, 0.29) is 12.1 Å². The SMILES string of the molecule is COC(=O)C1CN(Cc2ccccc2N(C)C)C[C@@H](C)O1. The number of methoxy groups -OCH3 is 1. The number of nitrogens with zero attached hydrogens (tertiary/aromatic N) is 2. The maximum absolute atomic E-state index is 11.7. The Morgan fingerprint density at radius 1 is 1.38 bits per heavy atom. The molecule has 21 heavy (non-hydrogen) atoms. The van der Waals surface area contributed by atoms with Crippen LogP contribution in [0.3, 0.4) is 0 Å². The summed E-state index contributed by atoms with van der Waals surface area (Å²) in [4.78, 5) is 16.1. The van der Waals surface area contributed by atoms with Crippen molar-refractivity contribution in [3.8, 4) is 0 Å². The van der Waals surface area contributed by atoms with E-state index in [1.54, 1.807) is 0 Å². The molecule has 0 aromatic heterocycles. The van der Waals surface area contributed by atoms with Gasteiger partial charge in [0.15, 0.2) is 6.10 Å². The normalized spacial score (nSPS) is 22.9. The Morgan fingerprint density at radius 2 is 2.10 bits per heavy atom. The Hall–Kier alpha value is -1.59. The molecular weight excluding hydrogens is 268 g/mol. The van der Waals surface area contributed by atoms with Crippen molar-refractivity contribution in [3.63, 3.8) is 0 Å². The topological polar surface area (TPSA) is 42.0 Å². The standard InChI is InChI=1S/C16H24N2O3/c1-12-9-18(11-15(21-12)16(19)20-4)10-13-7-5-6-8-14(13)17(2)3/h5-8,12,15H,9-11H2,1-4H3/t12-,15?/m1/s1. The summed E-state index contributed by atoms with van der Waals surface area (Å²) in [5, 5.41) is 0. The summed E-state index contributed by atoms with van der Waals surface area (Å²) >= 11 is 0. The Morgan fingerprint density at radius 3 is 2.76 bits per heavy atom. The molecule has 0 spiro atoms. The largest absolute Gasteiger partial charge is 0.467 e. The minimum atomic E-state index is -0.495. The van der Waals surface area contributed by atoms with Crippen molar-refractivity contribution >= 4 is 11.7 Å². The van der Waals surface area contributed by atoms with Gasteiger partial charge in [0, 0.05) is 39.4 Å². The highest BCUT2D eigenvalue weighted by Crippen LogP contribution is 2.22. The maximum Gasteiger partial charge on any atom is 0.336 e. The number of morpholine rings is 1. The summed E-state index contributed by atoms with van der Waals surface area (Å²) in [7, 11) is 5.48. The first-order chi connectivity index (χ1) is 10.0. The molecule has 1 unspecified atom stereocenters. The summed E-state index contributed by atoms with van der Waals surface area (Å²) in [6, 6.07) is 8.32. The third-order valence-electron chi connectivity index (χ3n) is 3.67. The summed E-state index contributed by atoms with van der Waals surface area (Å²) < 4.78 is 10.5. The van der Waals surface area contributed by atoms with Gasteiger partial charge in [0.05, 0.1) is 13.2 Å². The van der Waals surface area contributed by atoms with E-state index in [0.717, 1.165) is 13.1 Å². The highest BCUT2D eigenvalue weighted by atomic mass is 16.6. The molecule has 5 nitrogen and oxygen atoms in total. The molecule has 1 heterocycles. The van der Waals surface area contributed by atoms with Crippen LogP contribution in [0, 0.1) is 0 Å². The van der Waals surface area contributed by atoms with E-state index in [0.29, 0.717) is 6.54 Å². The summed E-state index contributed by atoms with van der Waals surface area (Å²) in [6.45, 7) is 4.17. The molecule has 0 radical (unpaired) electrons. The van der Waals surface area contributed by atoms with E-state index >= 15 is 0 Å². The molecule has 0 aliphatic carbocycles. The van der Waals surface area contributed by atoms with Crippen LogP contribution in [0.15, 0.2) is 24.3 Å². The van der Waals surface area contributed by atoms with Crippen LogP contribution in [0.1, 0.15) is 12.5 Å². The van der Waals surface area contributed by atoms with Crippen molar-refractivity contribution in [2.75, 3.05) is 39.2 Å². The van der Waals surface area contributed by atoms with Gasteiger partial charge in [-0.1, -0.05) is 18.2 Å². The smallest absolute Gasteiger partial charge is 0.336 e. The van der Waals surface area contributed by atoms with Crippen molar-refractivity contribution in [3.05, 3.63) is 29.8 Å². The number of carbonyl (C=O) groups is 1. The second kappa shape index (κ2) is 6.91. The lowest BCUT2D eigenvalue weighted by Crippen LogP contribution is -2.49. The van der Waals surface area contributed by atoms with Gasteiger partial charge in [0.1, 0.15) is 0 Å². The van der Waals surface area contributed by atoms with E-state index in [9.17, 15) is 4.79 Å². The highest BCUT2D eigenvalue weighted by Gasteiger charge is 2.31. The number of esters is 1. The zero-order valence-corrected chi connectivity index (χ0v) is 13.2. The van der Waals surface area contributed by atoms with Gasteiger partial charge in [-0.05, 0) is 18.6 Å². The van der Waals surface area contributed by atoms with Gasteiger partial charge in [0.25, 0.3) is 0 Å². The van der Waals surface area contributed by atoms with Gasteiger partial charge in [-0.2, -0.15) is 0 Å². The van der Waals surface area contributed by atoms with Crippen molar-refractivity contribution in [2.45, 2.75) is 25.7 Å². The fourth-order valence-electron chi connectivity index (χ4n) is 2.75. The van der Waals surface area contributed by atoms with Crippen molar-refractivity contribution in [1.29, 1.82) is 0 Å². The van der Waals surface area contributed by atoms with Crippen LogP contribution in [0.25, 0.3) is 0 Å². The van der Waals surface area contributed by atoms with E-state index in [2.05, 4.69) is 21.9 Å². The molecule has 1 aliphatic heterocycles. The van der Waals surface area contributed by atoms with Gasteiger partial charge in [0.2, 0.25) is 0 Å². The second-order valence-electron chi connectivity index (χ2n) is 5.68. The minimum Gasteiger partial charge on any atom is -0.467 e. The zero-order valence-electron chi connectivity index (χ0n) is 13.2. The zero-order chi connectivity index (χ0) is 15.4. The molecule has 0 amide bonds. The van der Waals surface area contributed by atoms with Crippen LogP contribution in [-0.2, 0) is 20.8 Å². The van der Waals surface area contributed by atoms with Crippen LogP contribution < -0.4 is 4.90 Å². The first kappa shape index (κ1) is 15.8. The number of ether oxygens (including phenoxy) is 2. The Bertz CT molecular complexity index is 490. The van der Waals surface area contributed by atoms with E-state index < -0.39 is 6.10 Å². The third kappa shape index (κ3) is 3.95. The van der Waals surface area contributed by atoms with Gasteiger partial charge in [-0.3, -0.25) is 4.90 Å². The molecule has 1 saturated heterocycles. The van der Waals surface area contributed by atoms with E-state index in [1.165, 1.54) is 18.4 Å². The quantitative estimate of drug-likeness (QED) is 0.787. The van der Waals surface area contributed by atoms with Gasteiger partial charge < -0.3 is 14.4 Å². The van der Waals surface area contributed by atoms with Crippen LogP contribution in [-0.4, -0.2) is 57.4 Å². The van der Waals surface area contributed by atoms with Gasteiger partial charge >= 0.3 is 5.97 Å². The highest BCUT2D eigenvalue weighted by molar-refractivity contribution is 5.75. The monoisotopic (exact) mass is 292 g/mol. The van der Waals surface area contributed by atoms with Gasteiger partial charge in [-0.25, -0.2) is 4.79 Å². The fraction of sp³-hybridized carbons (Fsp3) is 0.562. The lowest BCUT2D eigenvalue weighted by Gasteiger charge is -2.36. The van der Waals surface area contributed by atoms with Crippen molar-refractivity contribution in [2.24, 2.45) is 0 Å². The lowest BCUT2D eigenvalue weighted by molar-refractivity contribution is -0.166. The summed E-state index contributed by atoms with van der Waals surface area (Å²) in [5.41, 5.74) is 2.45. The molecular formula is C16H24N2O3. The number of carbonyl (C=O) groups excluding carboxylic acids is 1. The molecule has 2 atom stereocenters. The molecule has 0 saturated carbocycles. The fourth-order valence-corrected chi connectivity index (χ4v) is 2.75. The average Bonchev–Trinajstić information content (AvgIpc) is 2.46. The number of para-hydroxylation sites is 1. The number of benzene rings is 1. The van der Waals surface area contributed by atoms with E-state index in [1.807, 2.05) is 33.2 Å². The summed E-state index contributed by atoms with van der Waals surface area (Å²) in [5.74, 6) is -0.299. The molecule has 0 bridgehead atoms. The Kier molecular flexibility index (Phi) is 5.20. The van der Waals surface area contributed by atoms with Crippen molar-refractivity contribution < 1.29 is 14.3 Å². The molecule has 1 fully saturated rings. The third-order valence-corrected chi connectivity index (χ3v) is 3.67. The average molecular weight is 292 g/mol. The molecule has 5 heteroatoms. The van der Waals surface area contributed by atoms with Crippen LogP contribution in [0.2, 0.25) is 0 Å². The minimum absolute atomic E-state index is 0.0226. The van der Waals surface area contributed by atoms with Crippen LogP contribution in [0.4, 0.5) is 5.69 Å². The molecule has 1 aromatic carbocycles. The predicted molar refractivity (Wildman–Crippen MR) is 82.4 cm³/mol. The number of rotatable bonds is 4. The lowest BCUT2D eigenvalue weighted by atomic mass is 10.1. The number of hydrogen-bond donors (Lipinski definition) is 0. The first-order valence-corrected chi connectivity index (χ1v) is 7.22. The Balaban J connectivity index is 2.10. The van der Waals surface area contributed by atoms with Crippen LogP contribution in [0.5, 0.6) is 0 Å².